The zero-order chi connectivity index (χ0) is 10.8. The smallest absolute Gasteiger partial charge is 0.106 e. The van der Waals surface area contributed by atoms with Gasteiger partial charge >= 0.3 is 0 Å². The third-order valence-electron chi connectivity index (χ3n) is 2.79. The lowest BCUT2D eigenvalue weighted by molar-refractivity contribution is 0.583. The Morgan fingerprint density at radius 2 is 2.27 bits per heavy atom. The molecule has 2 nitrogen and oxygen atoms in total. The molecule has 0 amide bonds. The van der Waals surface area contributed by atoms with E-state index in [0.717, 1.165) is 6.54 Å². The Labute approximate surface area is 95.0 Å². The third-order valence-corrected chi connectivity index (χ3v) is 4.07. The normalized spacial score (nSPS) is 19.9. The van der Waals surface area contributed by atoms with E-state index >= 15 is 0 Å². The van der Waals surface area contributed by atoms with Crippen LogP contribution >= 0.6 is 11.3 Å². The largest absolute Gasteiger partial charge is 0.340 e. The van der Waals surface area contributed by atoms with E-state index in [9.17, 15) is 0 Å². The zero-order valence-corrected chi connectivity index (χ0v) is 10.2. The van der Waals surface area contributed by atoms with Gasteiger partial charge in [-0.15, -0.1) is 11.3 Å². The average molecular weight is 220 g/mol. The van der Waals surface area contributed by atoms with Crippen LogP contribution in [0, 0.1) is 13.8 Å². The van der Waals surface area contributed by atoms with E-state index < -0.39 is 0 Å². The fourth-order valence-electron chi connectivity index (χ4n) is 1.59. The molecule has 3 heteroatoms. The van der Waals surface area contributed by atoms with Crippen molar-refractivity contribution in [2.45, 2.75) is 26.8 Å². The van der Waals surface area contributed by atoms with Gasteiger partial charge in [0, 0.05) is 17.6 Å². The molecule has 0 aliphatic carbocycles. The van der Waals surface area contributed by atoms with Gasteiger partial charge in [-0.1, -0.05) is 0 Å². The highest BCUT2D eigenvalue weighted by molar-refractivity contribution is 7.10. The first-order valence-corrected chi connectivity index (χ1v) is 6.12. The summed E-state index contributed by atoms with van der Waals surface area (Å²) in [6.07, 6.45) is 6.22. The van der Waals surface area contributed by atoms with E-state index in [1.807, 2.05) is 17.7 Å². The third kappa shape index (κ3) is 1.97. The number of rotatable bonds is 2. The predicted molar refractivity (Wildman–Crippen MR) is 66.5 cm³/mol. The van der Waals surface area contributed by atoms with Gasteiger partial charge in [0.05, 0.1) is 6.34 Å². The van der Waals surface area contributed by atoms with Gasteiger partial charge in [0.2, 0.25) is 0 Å². The molecule has 0 spiro atoms. The van der Waals surface area contributed by atoms with E-state index in [1.165, 1.54) is 16.0 Å². The van der Waals surface area contributed by atoms with Gasteiger partial charge in [0.25, 0.3) is 0 Å². The minimum atomic E-state index is 0.228. The molecule has 80 valence electrons. The van der Waals surface area contributed by atoms with Gasteiger partial charge in [0.1, 0.15) is 6.04 Å². The van der Waals surface area contributed by atoms with Gasteiger partial charge in [0.15, 0.2) is 0 Å². The first-order valence-electron chi connectivity index (χ1n) is 5.24. The lowest BCUT2D eigenvalue weighted by atomic mass is 10.1. The van der Waals surface area contributed by atoms with E-state index in [2.05, 4.69) is 48.3 Å². The van der Waals surface area contributed by atoms with Crippen molar-refractivity contribution in [3.05, 3.63) is 33.7 Å². The van der Waals surface area contributed by atoms with Gasteiger partial charge in [-0.05, 0) is 43.4 Å². The standard InChI is InChI=1S/C12H16N2S/c1-4-14-6-5-11(13-8-14)12-10(3)9(2)7-15-12/h5-8,11H,4H2,1-3H3. The molecule has 0 fully saturated rings. The molecule has 1 aromatic heterocycles. The SMILES string of the molecule is CCN1C=CC(c2scc(C)c2C)N=C1. The molecule has 1 unspecified atom stereocenters. The van der Waals surface area contributed by atoms with Crippen molar-refractivity contribution in [1.29, 1.82) is 0 Å². The maximum absolute atomic E-state index is 4.55. The molecule has 15 heavy (non-hydrogen) atoms. The lowest BCUT2D eigenvalue weighted by Gasteiger charge is -2.19. The summed E-state index contributed by atoms with van der Waals surface area (Å²) >= 11 is 1.81. The first-order chi connectivity index (χ1) is 7.22. The van der Waals surface area contributed by atoms with Crippen LogP contribution in [0.4, 0.5) is 0 Å². The summed E-state index contributed by atoms with van der Waals surface area (Å²) < 4.78 is 0. The number of thiophene rings is 1. The number of aryl methyl sites for hydroxylation is 1. The topological polar surface area (TPSA) is 15.6 Å². The van der Waals surface area contributed by atoms with Crippen LogP contribution in [-0.2, 0) is 0 Å². The van der Waals surface area contributed by atoms with Crippen LogP contribution in [0.3, 0.4) is 0 Å². The van der Waals surface area contributed by atoms with E-state index in [0.29, 0.717) is 0 Å². The molecule has 1 aliphatic heterocycles. The summed E-state index contributed by atoms with van der Waals surface area (Å²) in [5.41, 5.74) is 2.76. The molecule has 2 rings (SSSR count). The van der Waals surface area contributed by atoms with Crippen LogP contribution < -0.4 is 0 Å². The number of nitrogens with zero attached hydrogens (tertiary/aromatic N) is 2. The Balaban J connectivity index is 2.21. The number of hydrogen-bond donors (Lipinski definition) is 0. The Kier molecular flexibility index (Phi) is 2.91. The second kappa shape index (κ2) is 4.19. The van der Waals surface area contributed by atoms with Crippen LogP contribution in [0.5, 0.6) is 0 Å². The summed E-state index contributed by atoms with van der Waals surface area (Å²) in [5.74, 6) is 0. The lowest BCUT2D eigenvalue weighted by Crippen LogP contribution is -2.17. The number of aliphatic imine (C=N–C) groups is 1. The van der Waals surface area contributed by atoms with Crippen molar-refractivity contribution < 1.29 is 0 Å². The fraction of sp³-hybridized carbons (Fsp3) is 0.417. The molecule has 0 bridgehead atoms. The summed E-state index contributed by atoms with van der Waals surface area (Å²) in [7, 11) is 0. The molecular formula is C12H16N2S. The molecule has 1 atom stereocenters. The molecule has 0 saturated carbocycles. The first kappa shape index (κ1) is 10.4. The van der Waals surface area contributed by atoms with Crippen LogP contribution in [0.1, 0.15) is 29.0 Å². The Morgan fingerprint density at radius 1 is 1.47 bits per heavy atom. The molecule has 2 heterocycles. The highest BCUT2D eigenvalue weighted by atomic mass is 32.1. The predicted octanol–water partition coefficient (Wildman–Crippen LogP) is 3.28. The van der Waals surface area contributed by atoms with Crippen LogP contribution in [0.2, 0.25) is 0 Å². The van der Waals surface area contributed by atoms with Crippen molar-refractivity contribution in [2.24, 2.45) is 4.99 Å². The maximum Gasteiger partial charge on any atom is 0.106 e. The molecule has 0 saturated heterocycles. The summed E-state index contributed by atoms with van der Waals surface area (Å²) in [6.45, 7) is 7.44. The van der Waals surface area contributed by atoms with E-state index in [-0.39, 0.29) is 6.04 Å². The molecule has 0 N–H and O–H groups in total. The highest BCUT2D eigenvalue weighted by Gasteiger charge is 2.15. The van der Waals surface area contributed by atoms with Crippen molar-refractivity contribution in [1.82, 2.24) is 4.90 Å². The Morgan fingerprint density at radius 3 is 2.73 bits per heavy atom. The van der Waals surface area contributed by atoms with Gasteiger partial charge in [-0.3, -0.25) is 4.99 Å². The molecule has 0 aromatic carbocycles. The highest BCUT2D eigenvalue weighted by Crippen LogP contribution is 2.31. The molecule has 1 aliphatic rings. The van der Waals surface area contributed by atoms with Crippen molar-refractivity contribution in [3.8, 4) is 0 Å². The summed E-state index contributed by atoms with van der Waals surface area (Å²) in [6, 6.07) is 0.228. The van der Waals surface area contributed by atoms with Crippen LogP contribution in [-0.4, -0.2) is 17.8 Å². The van der Waals surface area contributed by atoms with Gasteiger partial charge < -0.3 is 4.90 Å². The Hall–Kier alpha value is -1.09. The second-order valence-corrected chi connectivity index (χ2v) is 4.70. The van der Waals surface area contributed by atoms with Gasteiger partial charge in [-0.2, -0.15) is 0 Å². The molecule has 0 radical (unpaired) electrons. The van der Waals surface area contributed by atoms with Crippen molar-refractivity contribution >= 4 is 17.7 Å². The maximum atomic E-state index is 4.55. The van der Waals surface area contributed by atoms with Gasteiger partial charge in [-0.25, -0.2) is 0 Å². The summed E-state index contributed by atoms with van der Waals surface area (Å²) in [5, 5.41) is 2.21. The number of hydrogen-bond acceptors (Lipinski definition) is 3. The zero-order valence-electron chi connectivity index (χ0n) is 9.40. The van der Waals surface area contributed by atoms with Crippen LogP contribution in [0.25, 0.3) is 0 Å². The Bertz CT molecular complexity index is 390. The second-order valence-electron chi connectivity index (χ2n) is 3.79. The minimum absolute atomic E-state index is 0.228. The van der Waals surface area contributed by atoms with Crippen molar-refractivity contribution in [3.63, 3.8) is 0 Å². The average Bonchev–Trinajstić information content (AvgIpc) is 2.60. The molecular weight excluding hydrogens is 204 g/mol. The minimum Gasteiger partial charge on any atom is -0.340 e. The van der Waals surface area contributed by atoms with E-state index in [4.69, 9.17) is 0 Å². The van der Waals surface area contributed by atoms with Crippen molar-refractivity contribution in [2.75, 3.05) is 6.54 Å². The molecule has 1 aromatic rings. The van der Waals surface area contributed by atoms with E-state index in [1.54, 1.807) is 0 Å². The van der Waals surface area contributed by atoms with Crippen LogP contribution in [0.15, 0.2) is 22.6 Å². The summed E-state index contributed by atoms with van der Waals surface area (Å²) in [4.78, 5) is 8.01. The monoisotopic (exact) mass is 220 g/mol. The quantitative estimate of drug-likeness (QED) is 0.746. The fourth-order valence-corrected chi connectivity index (χ4v) is 2.69.